The number of hydrogen-bond acceptors (Lipinski definition) is 5. The zero-order valence-corrected chi connectivity index (χ0v) is 14.7. The molecule has 0 aliphatic rings. The van der Waals surface area contributed by atoms with E-state index in [2.05, 4.69) is 16.4 Å². The number of methoxy groups -OCH3 is 1. The van der Waals surface area contributed by atoms with E-state index in [1.807, 2.05) is 19.1 Å². The number of carbonyl (C=O) groups is 1. The second-order valence-corrected chi connectivity index (χ2v) is 5.06. The molecule has 0 aliphatic carbocycles. The number of rotatable bonds is 8. The Hall–Kier alpha value is -3.46. The minimum atomic E-state index is -0.357. The van der Waals surface area contributed by atoms with Crippen LogP contribution < -0.4 is 19.6 Å². The summed E-state index contributed by atoms with van der Waals surface area (Å²) in [5, 5.41) is 3.97. The van der Waals surface area contributed by atoms with Crippen molar-refractivity contribution in [2.75, 3.05) is 20.3 Å². The molecule has 0 aliphatic heterocycles. The third-order valence-electron chi connectivity index (χ3n) is 3.29. The molecule has 2 aromatic carbocycles. The number of nitrogens with zero attached hydrogens (tertiary/aromatic N) is 1. The number of ether oxygens (including phenoxy) is 3. The van der Waals surface area contributed by atoms with Crippen LogP contribution in [0.5, 0.6) is 17.2 Å². The van der Waals surface area contributed by atoms with E-state index in [-0.39, 0.29) is 12.5 Å². The Morgan fingerprint density at radius 1 is 1.23 bits per heavy atom. The van der Waals surface area contributed by atoms with E-state index in [4.69, 9.17) is 20.6 Å². The van der Waals surface area contributed by atoms with E-state index in [9.17, 15) is 4.79 Å². The second-order valence-electron chi connectivity index (χ2n) is 5.06. The molecule has 26 heavy (non-hydrogen) atoms. The van der Waals surface area contributed by atoms with Gasteiger partial charge in [0.15, 0.2) is 11.5 Å². The molecular weight excluding hydrogens is 332 g/mol. The van der Waals surface area contributed by atoms with Crippen molar-refractivity contribution in [2.45, 2.75) is 6.92 Å². The summed E-state index contributed by atoms with van der Waals surface area (Å²) in [5.74, 6) is 3.75. The lowest BCUT2D eigenvalue weighted by Crippen LogP contribution is -2.17. The Balaban J connectivity index is 2.03. The Morgan fingerprint density at radius 2 is 2.08 bits per heavy atom. The fourth-order valence-corrected chi connectivity index (χ4v) is 2.13. The summed E-state index contributed by atoms with van der Waals surface area (Å²) in [6.45, 7) is 2.52. The maximum atomic E-state index is 12.2. The molecule has 0 fully saturated rings. The van der Waals surface area contributed by atoms with Crippen LogP contribution in [0, 0.1) is 12.3 Å². The summed E-state index contributed by atoms with van der Waals surface area (Å²) in [4.78, 5) is 12.2. The number of benzene rings is 2. The average Bonchev–Trinajstić information content (AvgIpc) is 2.67. The predicted octanol–water partition coefficient (Wildman–Crippen LogP) is 2.87. The van der Waals surface area contributed by atoms with Gasteiger partial charge in [-0.1, -0.05) is 18.1 Å². The molecule has 0 bridgehead atoms. The van der Waals surface area contributed by atoms with Gasteiger partial charge in [0, 0.05) is 5.56 Å². The zero-order valence-electron chi connectivity index (χ0n) is 14.7. The normalized spacial score (nSPS) is 10.2. The first-order valence-corrected chi connectivity index (χ1v) is 7.98. The quantitative estimate of drug-likeness (QED) is 0.451. The molecule has 2 aromatic rings. The van der Waals surface area contributed by atoms with Crippen LogP contribution in [0.25, 0.3) is 0 Å². The second kappa shape index (κ2) is 9.74. The summed E-state index contributed by atoms with van der Waals surface area (Å²) >= 11 is 0. The molecule has 1 N–H and O–H groups in total. The van der Waals surface area contributed by atoms with Crippen molar-refractivity contribution in [3.05, 3.63) is 53.6 Å². The van der Waals surface area contributed by atoms with Crippen molar-refractivity contribution in [2.24, 2.45) is 5.10 Å². The van der Waals surface area contributed by atoms with Crippen LogP contribution in [0.15, 0.2) is 47.6 Å². The highest BCUT2D eigenvalue weighted by molar-refractivity contribution is 5.95. The summed E-state index contributed by atoms with van der Waals surface area (Å²) < 4.78 is 16.0. The van der Waals surface area contributed by atoms with Crippen molar-refractivity contribution in [3.8, 4) is 29.6 Å². The van der Waals surface area contributed by atoms with E-state index >= 15 is 0 Å². The summed E-state index contributed by atoms with van der Waals surface area (Å²) in [7, 11) is 1.54. The molecule has 1 amide bonds. The van der Waals surface area contributed by atoms with Gasteiger partial charge in [0.25, 0.3) is 5.91 Å². The standard InChI is InChI=1S/C20H20N2O4/c1-4-11-26-17-8-6-7-15(12-17)14-21-22-20(23)16-9-10-18(24-3)19(13-16)25-5-2/h1,6-10,12-14H,5,11H2,2-3H3,(H,22,23)/b21-14+. The maximum absolute atomic E-state index is 12.2. The summed E-state index contributed by atoms with van der Waals surface area (Å²) in [6, 6.07) is 12.1. The molecule has 0 unspecified atom stereocenters. The fraction of sp³-hybridized carbons (Fsp3) is 0.200. The van der Waals surface area contributed by atoms with Gasteiger partial charge >= 0.3 is 0 Å². The average molecular weight is 352 g/mol. The molecule has 0 saturated heterocycles. The minimum absolute atomic E-state index is 0.191. The van der Waals surface area contributed by atoms with Gasteiger partial charge in [-0.05, 0) is 42.8 Å². The first-order chi connectivity index (χ1) is 12.7. The molecule has 6 nitrogen and oxygen atoms in total. The number of terminal acetylenes is 1. The molecule has 0 heterocycles. The number of carbonyl (C=O) groups excluding carboxylic acids is 1. The molecule has 0 aromatic heterocycles. The van der Waals surface area contributed by atoms with Crippen LogP contribution in [0.3, 0.4) is 0 Å². The molecule has 0 saturated carbocycles. The lowest BCUT2D eigenvalue weighted by molar-refractivity contribution is 0.0954. The van der Waals surface area contributed by atoms with Gasteiger partial charge in [-0.2, -0.15) is 5.10 Å². The lowest BCUT2D eigenvalue weighted by Gasteiger charge is -2.10. The predicted molar refractivity (Wildman–Crippen MR) is 100.0 cm³/mol. The highest BCUT2D eigenvalue weighted by Crippen LogP contribution is 2.27. The SMILES string of the molecule is C#CCOc1cccc(/C=N/NC(=O)c2ccc(OC)c(OCC)c2)c1. The Bertz CT molecular complexity index is 825. The molecule has 0 spiro atoms. The largest absolute Gasteiger partial charge is 0.493 e. The van der Waals surface area contributed by atoms with Crippen LogP contribution in [0.4, 0.5) is 0 Å². The van der Waals surface area contributed by atoms with Gasteiger partial charge in [-0.15, -0.1) is 6.42 Å². The number of hydrazone groups is 1. The van der Waals surface area contributed by atoms with Gasteiger partial charge in [0.2, 0.25) is 0 Å². The van der Waals surface area contributed by atoms with E-state index in [1.165, 1.54) is 6.21 Å². The highest BCUT2D eigenvalue weighted by Gasteiger charge is 2.10. The topological polar surface area (TPSA) is 69.2 Å². The fourth-order valence-electron chi connectivity index (χ4n) is 2.13. The zero-order chi connectivity index (χ0) is 18.8. The smallest absolute Gasteiger partial charge is 0.271 e. The lowest BCUT2D eigenvalue weighted by atomic mass is 10.2. The van der Waals surface area contributed by atoms with Crippen molar-refractivity contribution in [3.63, 3.8) is 0 Å². The Kier molecular flexibility index (Phi) is 7.07. The number of hydrogen-bond donors (Lipinski definition) is 1. The number of nitrogens with one attached hydrogen (secondary N) is 1. The molecule has 6 heteroatoms. The van der Waals surface area contributed by atoms with E-state index < -0.39 is 0 Å². The summed E-state index contributed by atoms with van der Waals surface area (Å²) in [5.41, 5.74) is 3.66. The van der Waals surface area contributed by atoms with Crippen LogP contribution in [0.1, 0.15) is 22.8 Å². The van der Waals surface area contributed by atoms with Crippen LogP contribution in [-0.2, 0) is 0 Å². The highest BCUT2D eigenvalue weighted by atomic mass is 16.5. The molecule has 134 valence electrons. The molecular formula is C20H20N2O4. The third-order valence-corrected chi connectivity index (χ3v) is 3.29. The summed E-state index contributed by atoms with van der Waals surface area (Å²) in [6.07, 6.45) is 6.69. The number of amides is 1. The minimum Gasteiger partial charge on any atom is -0.493 e. The van der Waals surface area contributed by atoms with Crippen molar-refractivity contribution >= 4 is 12.1 Å². The van der Waals surface area contributed by atoms with E-state index in [1.54, 1.807) is 37.4 Å². The van der Waals surface area contributed by atoms with Gasteiger partial charge in [0.1, 0.15) is 12.4 Å². The van der Waals surface area contributed by atoms with Gasteiger partial charge in [-0.25, -0.2) is 5.43 Å². The van der Waals surface area contributed by atoms with Crippen LogP contribution >= 0.6 is 0 Å². The first-order valence-electron chi connectivity index (χ1n) is 7.98. The van der Waals surface area contributed by atoms with Crippen LogP contribution in [-0.4, -0.2) is 32.4 Å². The van der Waals surface area contributed by atoms with Gasteiger partial charge in [-0.3, -0.25) is 4.79 Å². The van der Waals surface area contributed by atoms with E-state index in [0.29, 0.717) is 29.4 Å². The monoisotopic (exact) mass is 352 g/mol. The molecule has 0 atom stereocenters. The maximum Gasteiger partial charge on any atom is 0.271 e. The molecule has 2 rings (SSSR count). The Labute approximate surface area is 152 Å². The van der Waals surface area contributed by atoms with Crippen molar-refractivity contribution < 1.29 is 19.0 Å². The van der Waals surface area contributed by atoms with E-state index in [0.717, 1.165) is 5.56 Å². The van der Waals surface area contributed by atoms with Gasteiger partial charge < -0.3 is 14.2 Å². The molecule has 0 radical (unpaired) electrons. The van der Waals surface area contributed by atoms with Crippen molar-refractivity contribution in [1.82, 2.24) is 5.43 Å². The van der Waals surface area contributed by atoms with Gasteiger partial charge in [0.05, 0.1) is 19.9 Å². The first kappa shape index (κ1) is 18.9. The van der Waals surface area contributed by atoms with Crippen molar-refractivity contribution in [1.29, 1.82) is 0 Å². The third kappa shape index (κ3) is 5.28. The van der Waals surface area contributed by atoms with Crippen LogP contribution in [0.2, 0.25) is 0 Å². The Morgan fingerprint density at radius 3 is 2.81 bits per heavy atom.